The van der Waals surface area contributed by atoms with E-state index in [4.69, 9.17) is 0 Å². The van der Waals surface area contributed by atoms with Crippen LogP contribution in [0.4, 0.5) is 5.69 Å². The normalized spacial score (nSPS) is 31.4. The highest BCUT2D eigenvalue weighted by molar-refractivity contribution is 6.21. The Kier molecular flexibility index (Phi) is 1.82. The molecule has 0 radical (unpaired) electrons. The molecule has 0 spiro atoms. The molecule has 0 bridgehead atoms. The highest BCUT2D eigenvalue weighted by atomic mass is 15.0. The lowest BCUT2D eigenvalue weighted by molar-refractivity contribution is 0.586. The second-order valence-corrected chi connectivity index (χ2v) is 5.75. The molecule has 3 atom stereocenters. The Balaban J connectivity index is 2.03. The molecule has 2 aromatic carbocycles. The van der Waals surface area contributed by atoms with Crippen molar-refractivity contribution in [1.82, 2.24) is 0 Å². The number of para-hydroxylation sites is 1. The van der Waals surface area contributed by atoms with Gasteiger partial charge in [-0.1, -0.05) is 49.4 Å². The van der Waals surface area contributed by atoms with E-state index in [0.717, 1.165) is 0 Å². The van der Waals surface area contributed by atoms with Crippen LogP contribution in [0.15, 0.2) is 48.5 Å². The summed E-state index contributed by atoms with van der Waals surface area (Å²) >= 11 is 0. The molecule has 1 aliphatic carbocycles. The number of hydrogen-bond donors (Lipinski definition) is 1. The number of fused-ring (bicyclic) bond motifs is 5. The van der Waals surface area contributed by atoms with E-state index in [1.807, 2.05) is 0 Å². The van der Waals surface area contributed by atoms with Gasteiger partial charge in [-0.3, -0.25) is 0 Å². The van der Waals surface area contributed by atoms with Crippen molar-refractivity contribution in [3.05, 3.63) is 65.2 Å². The van der Waals surface area contributed by atoms with E-state index < -0.39 is 0 Å². The third kappa shape index (κ3) is 1.00. The minimum Gasteiger partial charge on any atom is -0.381 e. The van der Waals surface area contributed by atoms with E-state index in [9.17, 15) is 0 Å². The van der Waals surface area contributed by atoms with Crippen LogP contribution >= 0.6 is 0 Å². The average molecular weight is 233 g/mol. The molecule has 0 amide bonds. The van der Waals surface area contributed by atoms with Crippen molar-refractivity contribution in [3.63, 3.8) is 0 Å². The minimum absolute atomic E-state index is 0.132. The Morgan fingerprint density at radius 1 is 1.00 bits per heavy atom. The maximum Gasteiger partial charge on any atom is 0.123 e. The van der Waals surface area contributed by atoms with Gasteiger partial charge < -0.3 is 5.32 Å². The first-order valence-corrected chi connectivity index (χ1v) is 6.68. The van der Waals surface area contributed by atoms with Gasteiger partial charge in [0.15, 0.2) is 0 Å². The zero-order chi connectivity index (χ0) is 12.3. The molecule has 2 aliphatic rings. The topological polar surface area (TPSA) is 12.0 Å². The van der Waals surface area contributed by atoms with Crippen molar-refractivity contribution in [3.8, 4) is 0 Å². The van der Waals surface area contributed by atoms with E-state index in [1.54, 1.807) is 0 Å². The van der Waals surface area contributed by atoms with E-state index in [1.165, 1.54) is 22.4 Å². The van der Waals surface area contributed by atoms with Gasteiger partial charge in [0.05, 0.1) is 0 Å². The Bertz CT molecular complexity index is 636. The zero-order valence-corrected chi connectivity index (χ0v) is 10.8. The summed E-state index contributed by atoms with van der Waals surface area (Å²) < 4.78 is 0. The van der Waals surface area contributed by atoms with Crippen LogP contribution in [0.1, 0.15) is 29.5 Å². The summed E-state index contributed by atoms with van der Waals surface area (Å²) in [4.78, 5) is 0. The first kappa shape index (κ1) is 10.2. The highest BCUT2D eigenvalue weighted by Crippen LogP contribution is 2.54. The Labute approximate surface area is 109 Å². The van der Waals surface area contributed by atoms with Crippen LogP contribution in [-0.2, 0) is 5.31 Å². The third-order valence-corrected chi connectivity index (χ3v) is 4.93. The molecule has 1 heterocycles. The van der Waals surface area contributed by atoms with Crippen molar-refractivity contribution in [2.75, 3.05) is 5.32 Å². The lowest BCUT2D eigenvalue weighted by Gasteiger charge is -2.27. The SMILES string of the molecule is BC12c3ccccc3NC1C(C)c1ccccc12. The maximum atomic E-state index is 3.73. The second-order valence-electron chi connectivity index (χ2n) is 5.75. The van der Waals surface area contributed by atoms with Gasteiger partial charge in [0, 0.05) is 23.0 Å². The first-order valence-electron chi connectivity index (χ1n) is 6.68. The Hall–Kier alpha value is -1.70. The fourth-order valence-corrected chi connectivity index (χ4v) is 4.03. The van der Waals surface area contributed by atoms with Crippen molar-refractivity contribution in [2.45, 2.75) is 24.2 Å². The van der Waals surface area contributed by atoms with Crippen LogP contribution in [0.2, 0.25) is 0 Å². The number of rotatable bonds is 0. The molecule has 1 N–H and O–H groups in total. The molecular formula is C16H16BN. The lowest BCUT2D eigenvalue weighted by atomic mass is 9.59. The van der Waals surface area contributed by atoms with Crippen LogP contribution in [0.25, 0.3) is 0 Å². The molecule has 0 fully saturated rings. The lowest BCUT2D eigenvalue weighted by Crippen LogP contribution is -2.37. The summed E-state index contributed by atoms with van der Waals surface area (Å²) in [5.41, 5.74) is 5.77. The first-order chi connectivity index (χ1) is 8.73. The molecule has 2 aromatic rings. The molecule has 18 heavy (non-hydrogen) atoms. The molecule has 4 rings (SSSR count). The van der Waals surface area contributed by atoms with Crippen molar-refractivity contribution >= 4 is 13.5 Å². The van der Waals surface area contributed by atoms with Gasteiger partial charge in [0.25, 0.3) is 0 Å². The summed E-state index contributed by atoms with van der Waals surface area (Å²) in [6, 6.07) is 18.2. The summed E-state index contributed by atoms with van der Waals surface area (Å²) in [5.74, 6) is 0.568. The van der Waals surface area contributed by atoms with Gasteiger partial charge in [0.1, 0.15) is 7.85 Å². The summed E-state index contributed by atoms with van der Waals surface area (Å²) in [7, 11) is 2.39. The fourth-order valence-electron chi connectivity index (χ4n) is 4.03. The standard InChI is InChI=1S/C16H16BN/c1-10-11-6-2-3-7-12(11)16(17)13-8-4-5-9-14(13)18-15(10)16/h2-10,15,18H,17H2,1H3. The predicted octanol–water partition coefficient (Wildman–Crippen LogP) is 2.47. The van der Waals surface area contributed by atoms with E-state index in [0.29, 0.717) is 12.0 Å². The summed E-state index contributed by atoms with van der Waals surface area (Å²) in [5, 5.41) is 3.87. The molecule has 1 nitrogen and oxygen atoms in total. The van der Waals surface area contributed by atoms with Crippen LogP contribution in [0, 0.1) is 0 Å². The number of nitrogens with one attached hydrogen (secondary N) is 1. The molecule has 1 aliphatic heterocycles. The summed E-state index contributed by atoms with van der Waals surface area (Å²) in [6.45, 7) is 2.34. The largest absolute Gasteiger partial charge is 0.381 e. The van der Waals surface area contributed by atoms with E-state index in [-0.39, 0.29) is 5.31 Å². The molecule has 2 heteroatoms. The number of benzene rings is 2. The van der Waals surface area contributed by atoms with Gasteiger partial charge in [0.2, 0.25) is 0 Å². The Morgan fingerprint density at radius 2 is 1.67 bits per heavy atom. The van der Waals surface area contributed by atoms with E-state index >= 15 is 0 Å². The van der Waals surface area contributed by atoms with Gasteiger partial charge in [-0.25, -0.2) is 0 Å². The third-order valence-electron chi connectivity index (χ3n) is 4.93. The number of anilines is 1. The molecule has 0 saturated carbocycles. The number of hydrogen-bond acceptors (Lipinski definition) is 1. The highest BCUT2D eigenvalue weighted by Gasteiger charge is 2.52. The van der Waals surface area contributed by atoms with Crippen molar-refractivity contribution in [1.29, 1.82) is 0 Å². The molecule has 88 valence electrons. The maximum absolute atomic E-state index is 3.73. The van der Waals surface area contributed by atoms with Gasteiger partial charge in [-0.2, -0.15) is 0 Å². The minimum atomic E-state index is 0.132. The molecule has 0 aromatic heterocycles. The van der Waals surface area contributed by atoms with Gasteiger partial charge in [-0.15, -0.1) is 0 Å². The van der Waals surface area contributed by atoms with Crippen LogP contribution in [-0.4, -0.2) is 13.9 Å². The molecule has 3 unspecified atom stereocenters. The van der Waals surface area contributed by atoms with Crippen molar-refractivity contribution < 1.29 is 0 Å². The second kappa shape index (κ2) is 3.20. The molecule has 0 saturated heterocycles. The summed E-state index contributed by atoms with van der Waals surface area (Å²) in [6.07, 6.45) is 0. The van der Waals surface area contributed by atoms with Gasteiger partial charge >= 0.3 is 0 Å². The van der Waals surface area contributed by atoms with Crippen LogP contribution in [0.5, 0.6) is 0 Å². The monoisotopic (exact) mass is 233 g/mol. The van der Waals surface area contributed by atoms with Crippen molar-refractivity contribution in [2.24, 2.45) is 0 Å². The van der Waals surface area contributed by atoms with Gasteiger partial charge in [-0.05, 0) is 22.8 Å². The fraction of sp³-hybridized carbons (Fsp3) is 0.250. The van der Waals surface area contributed by atoms with E-state index in [2.05, 4.69) is 68.6 Å². The van der Waals surface area contributed by atoms with Crippen LogP contribution in [0.3, 0.4) is 0 Å². The zero-order valence-electron chi connectivity index (χ0n) is 10.8. The molecular weight excluding hydrogens is 217 g/mol. The van der Waals surface area contributed by atoms with Crippen LogP contribution < -0.4 is 5.32 Å². The predicted molar refractivity (Wildman–Crippen MR) is 78.0 cm³/mol. The smallest absolute Gasteiger partial charge is 0.123 e. The average Bonchev–Trinajstić information content (AvgIpc) is 2.83. The quantitative estimate of drug-likeness (QED) is 0.689. The Morgan fingerprint density at radius 3 is 2.50 bits per heavy atom.